The summed E-state index contributed by atoms with van der Waals surface area (Å²) in [6, 6.07) is 0. The molecule has 0 heterocycles. The molecule has 1 rings (SSSR count). The third kappa shape index (κ3) is 13.3. The van der Waals surface area contributed by atoms with Gasteiger partial charge in [-0.3, -0.25) is 4.79 Å². The van der Waals surface area contributed by atoms with E-state index in [1.807, 2.05) is 19.1 Å². The molecular formula is C25H40O6. The molecule has 0 N–H and O–H groups in total. The van der Waals surface area contributed by atoms with E-state index in [9.17, 15) is 9.59 Å². The van der Waals surface area contributed by atoms with Gasteiger partial charge in [0.15, 0.2) is 0 Å². The van der Waals surface area contributed by atoms with E-state index in [1.165, 1.54) is 32.1 Å². The maximum Gasteiger partial charge on any atom is 0.371 e. The maximum absolute atomic E-state index is 11.5. The molecule has 1 fully saturated rings. The van der Waals surface area contributed by atoms with Crippen molar-refractivity contribution in [2.45, 2.75) is 77.4 Å². The zero-order valence-electron chi connectivity index (χ0n) is 19.4. The second kappa shape index (κ2) is 17.9. The summed E-state index contributed by atoms with van der Waals surface area (Å²) in [5.41, 5.74) is 1.12. The number of carbonyl (C=O) groups excluding carboxylic acids is 2. The number of allylic oxidation sites excluding steroid dienone is 5. The number of carbonyl (C=O) groups is 2. The van der Waals surface area contributed by atoms with Crippen LogP contribution >= 0.6 is 0 Å². The molecule has 0 unspecified atom stereocenters. The minimum Gasteiger partial charge on any atom is -0.456 e. The van der Waals surface area contributed by atoms with Crippen LogP contribution in [0, 0.1) is 5.92 Å². The first kappa shape index (κ1) is 27.3. The largest absolute Gasteiger partial charge is 0.456 e. The summed E-state index contributed by atoms with van der Waals surface area (Å²) in [4.78, 5) is 22.2. The first-order valence-electron chi connectivity index (χ1n) is 11.5. The maximum atomic E-state index is 11.5. The van der Waals surface area contributed by atoms with Crippen LogP contribution in [0.25, 0.3) is 0 Å². The van der Waals surface area contributed by atoms with Crippen LogP contribution in [0.5, 0.6) is 0 Å². The monoisotopic (exact) mass is 436 g/mol. The lowest BCUT2D eigenvalue weighted by molar-refractivity contribution is -0.154. The number of methoxy groups -OCH3 is 1. The van der Waals surface area contributed by atoms with Crippen molar-refractivity contribution < 1.29 is 28.5 Å². The Morgan fingerprint density at radius 3 is 2.65 bits per heavy atom. The molecule has 176 valence electrons. The third-order valence-electron chi connectivity index (χ3n) is 5.27. The van der Waals surface area contributed by atoms with Crippen molar-refractivity contribution in [3.05, 3.63) is 36.0 Å². The standard InChI is InChI=1S/C25H40O6/c1-4-5-6-7-8-9-10-11-12-21(2)13-14-22-17-23(30-20-29-16-15-28-3)18-24(22)31-25(27)19-26/h10-14,19,22-24H,4-9,15-18,20H2,1-3H3/b11-10+,14-13+,21-12+/t22-,23-,24-/m0/s1. The number of ether oxygens (including phenoxy) is 4. The van der Waals surface area contributed by atoms with E-state index >= 15 is 0 Å². The molecule has 3 atom stereocenters. The van der Waals surface area contributed by atoms with E-state index < -0.39 is 5.97 Å². The molecule has 31 heavy (non-hydrogen) atoms. The highest BCUT2D eigenvalue weighted by Gasteiger charge is 2.36. The fourth-order valence-corrected chi connectivity index (χ4v) is 3.49. The van der Waals surface area contributed by atoms with Crippen LogP contribution in [0.15, 0.2) is 36.0 Å². The number of hydrogen-bond donors (Lipinski definition) is 0. The quantitative estimate of drug-likeness (QED) is 0.0804. The van der Waals surface area contributed by atoms with Gasteiger partial charge in [-0.25, -0.2) is 4.79 Å². The van der Waals surface area contributed by atoms with Crippen LogP contribution < -0.4 is 0 Å². The van der Waals surface area contributed by atoms with E-state index in [0.29, 0.717) is 26.1 Å². The van der Waals surface area contributed by atoms with Gasteiger partial charge in [0.25, 0.3) is 0 Å². The van der Waals surface area contributed by atoms with Gasteiger partial charge in [0, 0.05) is 19.4 Å². The molecular weight excluding hydrogens is 396 g/mol. The van der Waals surface area contributed by atoms with Crippen molar-refractivity contribution in [1.29, 1.82) is 0 Å². The van der Waals surface area contributed by atoms with Gasteiger partial charge < -0.3 is 18.9 Å². The fourth-order valence-electron chi connectivity index (χ4n) is 3.49. The van der Waals surface area contributed by atoms with Gasteiger partial charge >= 0.3 is 5.97 Å². The topological polar surface area (TPSA) is 71.1 Å². The zero-order chi connectivity index (χ0) is 22.7. The normalized spacial score (nSPS) is 21.9. The first-order chi connectivity index (χ1) is 15.1. The summed E-state index contributed by atoms with van der Waals surface area (Å²) in [6.45, 7) is 5.42. The predicted molar refractivity (Wildman–Crippen MR) is 122 cm³/mol. The Kier molecular flexibility index (Phi) is 15.7. The second-order valence-electron chi connectivity index (χ2n) is 7.94. The summed E-state index contributed by atoms with van der Waals surface area (Å²) in [5.74, 6) is -0.840. The minimum atomic E-state index is -0.838. The highest BCUT2D eigenvalue weighted by molar-refractivity contribution is 6.20. The van der Waals surface area contributed by atoms with Crippen molar-refractivity contribution in [2.24, 2.45) is 5.92 Å². The van der Waals surface area contributed by atoms with Crippen molar-refractivity contribution in [3.63, 3.8) is 0 Å². The van der Waals surface area contributed by atoms with Gasteiger partial charge in [0.2, 0.25) is 6.29 Å². The van der Waals surface area contributed by atoms with Gasteiger partial charge in [-0.2, -0.15) is 0 Å². The van der Waals surface area contributed by atoms with E-state index in [-0.39, 0.29) is 31.2 Å². The molecule has 0 saturated heterocycles. The molecule has 0 amide bonds. The van der Waals surface area contributed by atoms with E-state index in [4.69, 9.17) is 18.9 Å². The van der Waals surface area contributed by atoms with Gasteiger partial charge in [0.1, 0.15) is 12.9 Å². The average molecular weight is 437 g/mol. The zero-order valence-corrected chi connectivity index (χ0v) is 19.4. The van der Waals surface area contributed by atoms with Crippen LogP contribution in [0.2, 0.25) is 0 Å². The Labute approximate surface area is 187 Å². The highest BCUT2D eigenvalue weighted by Crippen LogP contribution is 2.32. The molecule has 0 aliphatic heterocycles. The molecule has 0 aromatic rings. The van der Waals surface area contributed by atoms with Crippen LogP contribution in [0.1, 0.15) is 65.2 Å². The Hall–Kier alpha value is -1.76. The van der Waals surface area contributed by atoms with Gasteiger partial charge in [-0.05, 0) is 26.2 Å². The number of unbranched alkanes of at least 4 members (excludes halogenated alkanes) is 5. The molecule has 1 aliphatic carbocycles. The fraction of sp³-hybridized carbons (Fsp3) is 0.680. The van der Waals surface area contributed by atoms with E-state index in [0.717, 1.165) is 12.0 Å². The molecule has 6 nitrogen and oxygen atoms in total. The van der Waals surface area contributed by atoms with E-state index in [1.54, 1.807) is 7.11 Å². The Bertz CT molecular complexity index is 581. The van der Waals surface area contributed by atoms with Crippen molar-refractivity contribution >= 4 is 12.3 Å². The lowest BCUT2D eigenvalue weighted by Gasteiger charge is -2.15. The van der Waals surface area contributed by atoms with Crippen molar-refractivity contribution in [3.8, 4) is 0 Å². The lowest BCUT2D eigenvalue weighted by atomic mass is 10.0. The Morgan fingerprint density at radius 2 is 1.90 bits per heavy atom. The summed E-state index contributed by atoms with van der Waals surface area (Å²) < 4.78 is 21.3. The number of esters is 1. The molecule has 0 radical (unpaired) electrons. The highest BCUT2D eigenvalue weighted by atomic mass is 16.7. The molecule has 1 saturated carbocycles. The number of aldehydes is 1. The van der Waals surface area contributed by atoms with Crippen LogP contribution in [0.3, 0.4) is 0 Å². The third-order valence-corrected chi connectivity index (χ3v) is 5.27. The SMILES string of the molecule is CCCCCCC/C=C/C=C(C)/C=C/[C@H]1C[C@H](OCOCCOC)C[C@@H]1OC(=O)C=O. The van der Waals surface area contributed by atoms with E-state index in [2.05, 4.69) is 25.2 Å². The predicted octanol–water partition coefficient (Wildman–Crippen LogP) is 4.93. The van der Waals surface area contributed by atoms with Crippen molar-refractivity contribution in [1.82, 2.24) is 0 Å². The summed E-state index contributed by atoms with van der Waals surface area (Å²) >= 11 is 0. The Morgan fingerprint density at radius 1 is 1.10 bits per heavy atom. The summed E-state index contributed by atoms with van der Waals surface area (Å²) in [6.07, 6.45) is 19.0. The molecule has 0 aromatic carbocycles. The summed E-state index contributed by atoms with van der Waals surface area (Å²) in [5, 5.41) is 0. The average Bonchev–Trinajstić information content (AvgIpc) is 3.15. The number of rotatable bonds is 17. The van der Waals surface area contributed by atoms with Crippen LogP contribution in [-0.4, -0.2) is 51.6 Å². The van der Waals surface area contributed by atoms with Crippen LogP contribution in [0.4, 0.5) is 0 Å². The minimum absolute atomic E-state index is 0.00114. The molecule has 0 bridgehead atoms. The van der Waals surface area contributed by atoms with Gasteiger partial charge in [-0.15, -0.1) is 0 Å². The first-order valence-corrected chi connectivity index (χ1v) is 11.5. The Balaban J connectivity index is 2.49. The smallest absolute Gasteiger partial charge is 0.371 e. The molecule has 0 aromatic heterocycles. The van der Waals surface area contributed by atoms with Gasteiger partial charge in [0.05, 0.1) is 19.3 Å². The molecule has 1 aliphatic rings. The molecule has 0 spiro atoms. The van der Waals surface area contributed by atoms with Crippen molar-refractivity contribution in [2.75, 3.05) is 27.1 Å². The summed E-state index contributed by atoms with van der Waals surface area (Å²) in [7, 11) is 1.62. The van der Waals surface area contributed by atoms with Gasteiger partial charge in [-0.1, -0.05) is 68.6 Å². The molecule has 6 heteroatoms. The van der Waals surface area contributed by atoms with Crippen LogP contribution in [-0.2, 0) is 28.5 Å². The second-order valence-corrected chi connectivity index (χ2v) is 7.94. The lowest BCUT2D eigenvalue weighted by Crippen LogP contribution is -2.22. The number of hydrogen-bond acceptors (Lipinski definition) is 6.